The van der Waals surface area contributed by atoms with Gasteiger partial charge in [-0.1, -0.05) is 5.16 Å². The quantitative estimate of drug-likeness (QED) is 0.880. The number of nitrogens with zero attached hydrogens (tertiary/aromatic N) is 2. The molecule has 0 bridgehead atoms. The van der Waals surface area contributed by atoms with Gasteiger partial charge in [-0.15, -0.1) is 0 Å². The zero-order valence-corrected chi connectivity index (χ0v) is 12.0. The summed E-state index contributed by atoms with van der Waals surface area (Å²) in [4.78, 5) is 25.6. The molecule has 2 fully saturated rings. The van der Waals surface area contributed by atoms with Crippen molar-refractivity contribution in [3.8, 4) is 0 Å². The van der Waals surface area contributed by atoms with Crippen molar-refractivity contribution < 1.29 is 18.8 Å². The average molecular weight is 293 g/mol. The molecule has 3 heterocycles. The summed E-state index contributed by atoms with van der Waals surface area (Å²) >= 11 is 0. The Balaban J connectivity index is 1.55. The van der Waals surface area contributed by atoms with Gasteiger partial charge >= 0.3 is 0 Å². The fourth-order valence-electron chi connectivity index (χ4n) is 2.75. The third-order valence-corrected chi connectivity index (χ3v) is 3.92. The number of carbonyl (C=O) groups is 2. The molecule has 2 unspecified atom stereocenters. The molecular weight excluding hydrogens is 274 g/mol. The maximum absolute atomic E-state index is 12.1. The van der Waals surface area contributed by atoms with Gasteiger partial charge < -0.3 is 14.6 Å². The first-order valence-electron chi connectivity index (χ1n) is 7.26. The highest BCUT2D eigenvalue weighted by Crippen LogP contribution is 2.24. The van der Waals surface area contributed by atoms with Gasteiger partial charge in [0.05, 0.1) is 12.0 Å². The topological polar surface area (TPSA) is 84.7 Å². The van der Waals surface area contributed by atoms with Crippen molar-refractivity contribution in [2.24, 2.45) is 5.92 Å². The lowest BCUT2D eigenvalue weighted by Gasteiger charge is -2.14. The largest absolute Gasteiger partial charge is 0.376 e. The Morgan fingerprint density at radius 1 is 1.57 bits per heavy atom. The molecule has 0 aliphatic carbocycles. The first-order chi connectivity index (χ1) is 10.1. The third-order valence-electron chi connectivity index (χ3n) is 3.92. The van der Waals surface area contributed by atoms with E-state index < -0.39 is 0 Å². The van der Waals surface area contributed by atoms with Crippen LogP contribution in [0.25, 0.3) is 0 Å². The Kier molecular flexibility index (Phi) is 3.92. The number of ether oxygens (including phenoxy) is 1. The van der Waals surface area contributed by atoms with Crippen molar-refractivity contribution in [3.05, 3.63) is 11.8 Å². The van der Waals surface area contributed by atoms with Gasteiger partial charge in [-0.05, 0) is 19.8 Å². The van der Waals surface area contributed by atoms with Crippen LogP contribution in [0.1, 0.15) is 25.0 Å². The second-order valence-electron chi connectivity index (χ2n) is 5.58. The van der Waals surface area contributed by atoms with Crippen LogP contribution in [-0.2, 0) is 14.3 Å². The molecule has 2 aliphatic rings. The van der Waals surface area contributed by atoms with E-state index in [1.807, 2.05) is 0 Å². The summed E-state index contributed by atoms with van der Waals surface area (Å²) in [5.41, 5.74) is 0. The van der Waals surface area contributed by atoms with Gasteiger partial charge in [0.25, 0.3) is 0 Å². The number of nitrogens with one attached hydrogen (secondary N) is 1. The molecule has 7 nitrogen and oxygen atoms in total. The number of aromatic nitrogens is 1. The molecule has 0 saturated carbocycles. The first kappa shape index (κ1) is 14.1. The van der Waals surface area contributed by atoms with Gasteiger partial charge in [0.15, 0.2) is 5.82 Å². The second-order valence-corrected chi connectivity index (χ2v) is 5.58. The summed E-state index contributed by atoms with van der Waals surface area (Å²) < 4.78 is 10.4. The zero-order valence-electron chi connectivity index (χ0n) is 12.0. The maximum atomic E-state index is 12.1. The molecular formula is C14H19N3O4. The zero-order chi connectivity index (χ0) is 14.8. The monoisotopic (exact) mass is 293 g/mol. The number of anilines is 1. The van der Waals surface area contributed by atoms with Crippen molar-refractivity contribution in [3.63, 3.8) is 0 Å². The molecule has 2 amide bonds. The van der Waals surface area contributed by atoms with E-state index in [-0.39, 0.29) is 30.3 Å². The Bertz CT molecular complexity index is 536. The van der Waals surface area contributed by atoms with E-state index in [0.29, 0.717) is 24.7 Å². The molecule has 0 aromatic carbocycles. The van der Waals surface area contributed by atoms with Crippen molar-refractivity contribution >= 4 is 17.6 Å². The van der Waals surface area contributed by atoms with Crippen molar-refractivity contribution in [1.82, 2.24) is 10.5 Å². The van der Waals surface area contributed by atoms with Crippen LogP contribution in [0.4, 0.5) is 5.82 Å². The summed E-state index contributed by atoms with van der Waals surface area (Å²) in [6.45, 7) is 3.40. The van der Waals surface area contributed by atoms with E-state index in [1.165, 1.54) is 4.90 Å². The molecule has 114 valence electrons. The van der Waals surface area contributed by atoms with E-state index >= 15 is 0 Å². The highest BCUT2D eigenvalue weighted by Gasteiger charge is 2.36. The van der Waals surface area contributed by atoms with E-state index in [4.69, 9.17) is 9.26 Å². The molecule has 2 atom stereocenters. The molecule has 1 aromatic rings. The van der Waals surface area contributed by atoms with Gasteiger partial charge in [-0.2, -0.15) is 0 Å². The number of hydrogen-bond acceptors (Lipinski definition) is 5. The standard InChI is InChI=1S/C14H19N3O4/c1-9-5-12(16-21-9)17-8-10(6-13(17)18)14(19)15-7-11-3-2-4-20-11/h5,10-11H,2-4,6-8H2,1H3,(H,15,19). The van der Waals surface area contributed by atoms with Crippen LogP contribution in [0.3, 0.4) is 0 Å². The average Bonchev–Trinajstić information content (AvgIpc) is 3.17. The van der Waals surface area contributed by atoms with Gasteiger partial charge in [0.1, 0.15) is 5.76 Å². The first-order valence-corrected chi connectivity index (χ1v) is 7.26. The van der Waals surface area contributed by atoms with Gasteiger partial charge in [0.2, 0.25) is 11.8 Å². The third kappa shape index (κ3) is 3.07. The summed E-state index contributed by atoms with van der Waals surface area (Å²) in [7, 11) is 0. The Morgan fingerprint density at radius 3 is 3.10 bits per heavy atom. The van der Waals surface area contributed by atoms with E-state index in [0.717, 1.165) is 19.4 Å². The van der Waals surface area contributed by atoms with Crippen LogP contribution >= 0.6 is 0 Å². The minimum Gasteiger partial charge on any atom is -0.376 e. The van der Waals surface area contributed by atoms with E-state index in [1.54, 1.807) is 13.0 Å². The molecule has 2 aliphatic heterocycles. The second kappa shape index (κ2) is 5.85. The van der Waals surface area contributed by atoms with Crippen molar-refractivity contribution in [2.45, 2.75) is 32.3 Å². The van der Waals surface area contributed by atoms with Gasteiger partial charge in [0, 0.05) is 32.2 Å². The van der Waals surface area contributed by atoms with Crippen LogP contribution in [0, 0.1) is 12.8 Å². The predicted octanol–water partition coefficient (Wildman–Crippen LogP) is 0.631. The minimum absolute atomic E-state index is 0.0958. The highest BCUT2D eigenvalue weighted by molar-refractivity contribution is 5.99. The number of carbonyl (C=O) groups excluding carboxylic acids is 2. The SMILES string of the molecule is Cc1cc(N2CC(C(=O)NCC3CCCO3)CC2=O)no1. The van der Waals surface area contributed by atoms with Crippen LogP contribution in [0.15, 0.2) is 10.6 Å². The fourth-order valence-corrected chi connectivity index (χ4v) is 2.75. The molecule has 21 heavy (non-hydrogen) atoms. The Labute approximate surface area is 122 Å². The number of hydrogen-bond donors (Lipinski definition) is 1. The number of rotatable bonds is 4. The molecule has 1 aromatic heterocycles. The van der Waals surface area contributed by atoms with E-state index in [9.17, 15) is 9.59 Å². The molecule has 1 N–H and O–H groups in total. The minimum atomic E-state index is -0.337. The van der Waals surface area contributed by atoms with Crippen LogP contribution in [0.2, 0.25) is 0 Å². The van der Waals surface area contributed by atoms with Crippen molar-refractivity contribution in [1.29, 1.82) is 0 Å². The van der Waals surface area contributed by atoms with Gasteiger partial charge in [-0.3, -0.25) is 14.5 Å². The normalized spacial score (nSPS) is 25.6. The lowest BCUT2D eigenvalue weighted by Crippen LogP contribution is -2.37. The van der Waals surface area contributed by atoms with Crippen molar-refractivity contribution in [2.75, 3.05) is 24.6 Å². The highest BCUT2D eigenvalue weighted by atomic mass is 16.5. The molecule has 3 rings (SSSR count). The molecule has 2 saturated heterocycles. The summed E-state index contributed by atoms with van der Waals surface area (Å²) in [6.07, 6.45) is 2.35. The molecule has 0 spiro atoms. The Hall–Kier alpha value is -1.89. The summed E-state index contributed by atoms with van der Waals surface area (Å²) in [5.74, 6) is 0.592. The summed E-state index contributed by atoms with van der Waals surface area (Å²) in [5, 5.41) is 6.71. The van der Waals surface area contributed by atoms with Crippen LogP contribution < -0.4 is 10.2 Å². The Morgan fingerprint density at radius 2 is 2.43 bits per heavy atom. The smallest absolute Gasteiger partial charge is 0.229 e. The summed E-state index contributed by atoms with van der Waals surface area (Å²) in [6, 6.07) is 1.70. The molecule has 0 radical (unpaired) electrons. The van der Waals surface area contributed by atoms with Crippen LogP contribution in [-0.4, -0.2) is 42.8 Å². The maximum Gasteiger partial charge on any atom is 0.229 e. The van der Waals surface area contributed by atoms with E-state index in [2.05, 4.69) is 10.5 Å². The molecule has 7 heteroatoms. The van der Waals surface area contributed by atoms with Gasteiger partial charge in [-0.25, -0.2) is 0 Å². The number of aryl methyl sites for hydroxylation is 1. The van der Waals surface area contributed by atoms with Crippen LogP contribution in [0.5, 0.6) is 0 Å². The fraction of sp³-hybridized carbons (Fsp3) is 0.643. The lowest BCUT2D eigenvalue weighted by atomic mass is 10.1. The number of amides is 2. The predicted molar refractivity (Wildman–Crippen MR) is 73.7 cm³/mol. The lowest BCUT2D eigenvalue weighted by molar-refractivity contribution is -0.126.